The molecule has 0 aliphatic rings. The van der Waals surface area contributed by atoms with Crippen LogP contribution in [0.2, 0.25) is 5.02 Å². The summed E-state index contributed by atoms with van der Waals surface area (Å²) in [5.74, 6) is -1.85. The molecular weight excluding hydrogens is 488 g/mol. The standard InChI is InChI=1S/C25H17ClF4N2O3/c1-14(23(33)32-24-31-19-13-17(26)9-12-20(19)35-24)34-18-10-7-16(8-11-18)22(27)21(25(28,29)30)15-5-3-2-4-6-15/h2-14H,1H3,(H,31,32,33)/b22-21+/t14-/m1/s1. The van der Waals surface area contributed by atoms with Crippen molar-refractivity contribution in [3.05, 3.63) is 88.9 Å². The normalized spacial score (nSPS) is 13.3. The largest absolute Gasteiger partial charge is 0.481 e. The molecule has 1 N–H and O–H groups in total. The number of carbonyl (C=O) groups excluding carboxylic acids is 1. The molecule has 4 aromatic rings. The quantitative estimate of drug-likeness (QED) is 0.221. The predicted molar refractivity (Wildman–Crippen MR) is 125 cm³/mol. The summed E-state index contributed by atoms with van der Waals surface area (Å²) >= 11 is 5.90. The third-order valence-corrected chi connectivity index (χ3v) is 5.17. The van der Waals surface area contributed by atoms with Crippen molar-refractivity contribution >= 4 is 46.0 Å². The number of aromatic nitrogens is 1. The van der Waals surface area contributed by atoms with E-state index in [4.69, 9.17) is 20.8 Å². The lowest BCUT2D eigenvalue weighted by Crippen LogP contribution is -2.30. The maximum Gasteiger partial charge on any atom is 0.419 e. The molecule has 0 spiro atoms. The first-order valence-electron chi connectivity index (χ1n) is 10.3. The summed E-state index contributed by atoms with van der Waals surface area (Å²) in [7, 11) is 0. The average molecular weight is 505 g/mol. The zero-order chi connectivity index (χ0) is 25.2. The molecule has 4 rings (SSSR count). The Hall–Kier alpha value is -3.85. The number of amides is 1. The number of rotatable bonds is 6. The van der Waals surface area contributed by atoms with E-state index in [-0.39, 0.29) is 22.9 Å². The van der Waals surface area contributed by atoms with E-state index in [1.54, 1.807) is 24.3 Å². The SMILES string of the molecule is C[C@@H](Oc1ccc(/C(F)=C(/c2ccccc2)C(F)(F)F)cc1)C(=O)Nc1nc2cc(Cl)ccc2o1. The predicted octanol–water partition coefficient (Wildman–Crippen LogP) is 7.29. The van der Waals surface area contributed by atoms with Crippen molar-refractivity contribution in [2.45, 2.75) is 19.2 Å². The molecule has 1 amide bonds. The highest BCUT2D eigenvalue weighted by molar-refractivity contribution is 6.31. The van der Waals surface area contributed by atoms with Gasteiger partial charge in [0.2, 0.25) is 0 Å². The molecule has 0 unspecified atom stereocenters. The van der Waals surface area contributed by atoms with E-state index in [1.165, 1.54) is 43.3 Å². The van der Waals surface area contributed by atoms with Crippen molar-refractivity contribution < 1.29 is 31.5 Å². The van der Waals surface area contributed by atoms with Crippen LogP contribution in [-0.2, 0) is 4.79 Å². The molecule has 0 bridgehead atoms. The minimum Gasteiger partial charge on any atom is -0.481 e. The molecule has 5 nitrogen and oxygen atoms in total. The van der Waals surface area contributed by atoms with Gasteiger partial charge < -0.3 is 9.15 Å². The summed E-state index contributed by atoms with van der Waals surface area (Å²) in [5, 5.41) is 2.93. The third kappa shape index (κ3) is 5.63. The summed E-state index contributed by atoms with van der Waals surface area (Å²) in [6.07, 6.45) is -5.92. The van der Waals surface area contributed by atoms with Crippen LogP contribution in [0.5, 0.6) is 5.75 Å². The van der Waals surface area contributed by atoms with E-state index in [0.717, 1.165) is 12.1 Å². The van der Waals surface area contributed by atoms with Gasteiger partial charge in [0.1, 0.15) is 17.1 Å². The van der Waals surface area contributed by atoms with Gasteiger partial charge in [-0.05, 0) is 55.0 Å². The first-order chi connectivity index (χ1) is 16.6. The Kier molecular flexibility index (Phi) is 6.79. The lowest BCUT2D eigenvalue weighted by atomic mass is 10.0. The highest BCUT2D eigenvalue weighted by Crippen LogP contribution is 2.40. The van der Waals surface area contributed by atoms with Gasteiger partial charge in [-0.2, -0.15) is 18.2 Å². The van der Waals surface area contributed by atoms with Crippen LogP contribution in [0.3, 0.4) is 0 Å². The Labute approximate surface area is 202 Å². The number of anilines is 1. The molecule has 1 heterocycles. The number of oxazole rings is 1. The number of carbonyl (C=O) groups is 1. The van der Waals surface area contributed by atoms with E-state index < -0.39 is 29.6 Å². The van der Waals surface area contributed by atoms with E-state index >= 15 is 0 Å². The van der Waals surface area contributed by atoms with Crippen molar-refractivity contribution in [2.75, 3.05) is 5.32 Å². The molecule has 0 aliphatic heterocycles. The van der Waals surface area contributed by atoms with Gasteiger partial charge >= 0.3 is 12.2 Å². The van der Waals surface area contributed by atoms with Crippen LogP contribution < -0.4 is 10.1 Å². The molecule has 0 radical (unpaired) electrons. The van der Waals surface area contributed by atoms with Crippen LogP contribution in [0.4, 0.5) is 23.6 Å². The topological polar surface area (TPSA) is 64.4 Å². The fourth-order valence-corrected chi connectivity index (χ4v) is 3.43. The van der Waals surface area contributed by atoms with Crippen LogP contribution in [0.1, 0.15) is 18.1 Å². The summed E-state index contributed by atoms with van der Waals surface area (Å²) < 4.78 is 66.5. The van der Waals surface area contributed by atoms with E-state index in [0.29, 0.717) is 16.1 Å². The summed E-state index contributed by atoms with van der Waals surface area (Å²) in [6.45, 7) is 1.46. The number of hydrogen-bond acceptors (Lipinski definition) is 4. The van der Waals surface area contributed by atoms with Gasteiger partial charge in [-0.3, -0.25) is 10.1 Å². The number of hydrogen-bond donors (Lipinski definition) is 1. The van der Waals surface area contributed by atoms with Crippen LogP contribution in [0.25, 0.3) is 22.5 Å². The van der Waals surface area contributed by atoms with E-state index in [9.17, 15) is 22.4 Å². The van der Waals surface area contributed by atoms with Gasteiger partial charge in [-0.1, -0.05) is 41.9 Å². The molecule has 0 fully saturated rings. The Bertz CT molecular complexity index is 1380. The molecule has 35 heavy (non-hydrogen) atoms. The molecule has 1 atom stereocenters. The highest BCUT2D eigenvalue weighted by Gasteiger charge is 2.38. The van der Waals surface area contributed by atoms with Crippen molar-refractivity contribution in [1.29, 1.82) is 0 Å². The lowest BCUT2D eigenvalue weighted by molar-refractivity contribution is -0.122. The molecule has 0 saturated heterocycles. The third-order valence-electron chi connectivity index (χ3n) is 4.94. The minimum absolute atomic E-state index is 0.0501. The number of nitrogens with zero attached hydrogens (tertiary/aromatic N) is 1. The number of halogens is 5. The van der Waals surface area contributed by atoms with Crippen LogP contribution >= 0.6 is 11.6 Å². The summed E-state index contributed by atoms with van der Waals surface area (Å²) in [4.78, 5) is 16.6. The monoisotopic (exact) mass is 504 g/mol. The lowest BCUT2D eigenvalue weighted by Gasteiger charge is -2.15. The minimum atomic E-state index is -4.90. The van der Waals surface area contributed by atoms with Gasteiger partial charge in [-0.15, -0.1) is 0 Å². The smallest absolute Gasteiger partial charge is 0.419 e. The highest BCUT2D eigenvalue weighted by atomic mass is 35.5. The number of fused-ring (bicyclic) bond motifs is 1. The van der Waals surface area contributed by atoms with Crippen molar-refractivity contribution in [1.82, 2.24) is 4.98 Å². The fraction of sp³-hybridized carbons (Fsp3) is 0.120. The maximum atomic E-state index is 14.9. The summed E-state index contributed by atoms with van der Waals surface area (Å²) in [5.41, 5.74) is -1.06. The molecule has 0 aliphatic carbocycles. The molecule has 10 heteroatoms. The van der Waals surface area contributed by atoms with Crippen LogP contribution in [0, 0.1) is 0 Å². The second-order valence-electron chi connectivity index (χ2n) is 7.46. The Morgan fingerprint density at radius 3 is 2.37 bits per heavy atom. The van der Waals surface area contributed by atoms with E-state index in [2.05, 4.69) is 10.3 Å². The average Bonchev–Trinajstić information content (AvgIpc) is 3.20. The van der Waals surface area contributed by atoms with Gasteiger partial charge in [0.15, 0.2) is 11.7 Å². The zero-order valence-corrected chi connectivity index (χ0v) is 18.8. The van der Waals surface area contributed by atoms with Crippen molar-refractivity contribution in [2.24, 2.45) is 0 Å². The van der Waals surface area contributed by atoms with Gasteiger partial charge in [0.05, 0.1) is 5.57 Å². The maximum absolute atomic E-state index is 14.9. The number of benzene rings is 3. The fourth-order valence-electron chi connectivity index (χ4n) is 3.26. The zero-order valence-electron chi connectivity index (χ0n) is 18.1. The molecule has 0 saturated carbocycles. The Balaban J connectivity index is 1.48. The molecular formula is C25H17ClF4N2O3. The van der Waals surface area contributed by atoms with Gasteiger partial charge in [-0.25, -0.2) is 4.39 Å². The number of allylic oxidation sites excluding steroid dienone is 1. The Morgan fingerprint density at radius 2 is 1.71 bits per heavy atom. The Morgan fingerprint density at radius 1 is 1.03 bits per heavy atom. The number of alkyl halides is 3. The number of nitrogens with one attached hydrogen (secondary N) is 1. The first-order valence-corrected chi connectivity index (χ1v) is 10.7. The second kappa shape index (κ2) is 9.79. The molecule has 1 aromatic heterocycles. The van der Waals surface area contributed by atoms with Gasteiger partial charge in [0.25, 0.3) is 5.91 Å². The van der Waals surface area contributed by atoms with Crippen LogP contribution in [0.15, 0.2) is 77.2 Å². The summed E-state index contributed by atoms with van der Waals surface area (Å²) in [6, 6.07) is 16.3. The van der Waals surface area contributed by atoms with E-state index in [1.807, 2.05) is 0 Å². The van der Waals surface area contributed by atoms with Crippen LogP contribution in [-0.4, -0.2) is 23.2 Å². The first kappa shape index (κ1) is 24.3. The number of ether oxygens (including phenoxy) is 1. The van der Waals surface area contributed by atoms with Crippen molar-refractivity contribution in [3.8, 4) is 5.75 Å². The van der Waals surface area contributed by atoms with Gasteiger partial charge in [0, 0.05) is 10.6 Å². The second-order valence-corrected chi connectivity index (χ2v) is 7.89. The molecule has 180 valence electrons. The van der Waals surface area contributed by atoms with Crippen molar-refractivity contribution in [3.63, 3.8) is 0 Å². The molecule has 3 aromatic carbocycles.